The van der Waals surface area contributed by atoms with Gasteiger partial charge in [0.15, 0.2) is 0 Å². The highest BCUT2D eigenvalue weighted by molar-refractivity contribution is 5.84. The number of rotatable bonds is 8. The second kappa shape index (κ2) is 10.8. The smallest absolute Gasteiger partial charge is 0.307 e. The fourth-order valence-corrected chi connectivity index (χ4v) is 4.85. The lowest BCUT2D eigenvalue weighted by molar-refractivity contribution is -0.136. The van der Waals surface area contributed by atoms with Crippen molar-refractivity contribution in [2.24, 2.45) is 5.73 Å². The van der Waals surface area contributed by atoms with Gasteiger partial charge in [0, 0.05) is 17.7 Å². The molecule has 0 unspecified atom stereocenters. The fourth-order valence-electron chi connectivity index (χ4n) is 4.85. The minimum atomic E-state index is -0.908. The highest BCUT2D eigenvalue weighted by Crippen LogP contribution is 2.39. The monoisotopic (exact) mass is 499 g/mol. The zero-order chi connectivity index (χ0) is 26.7. The number of carboxylic acids is 1. The molecule has 0 aliphatic rings. The average Bonchev–Trinajstić information content (AvgIpc) is 2.88. The Balaban J connectivity index is 1.81. The van der Waals surface area contributed by atoms with Gasteiger partial charge < -0.3 is 20.3 Å². The van der Waals surface area contributed by atoms with Gasteiger partial charge in [0.05, 0.1) is 20.6 Å². The molecule has 3 N–H and O–H groups in total. The van der Waals surface area contributed by atoms with Crippen LogP contribution in [0.2, 0.25) is 0 Å². The zero-order valence-electron chi connectivity index (χ0n) is 21.4. The van der Waals surface area contributed by atoms with Crippen LogP contribution in [-0.4, -0.2) is 25.3 Å². The number of halogens is 1. The summed E-state index contributed by atoms with van der Waals surface area (Å²) < 4.78 is 25.7. The molecule has 0 bridgehead atoms. The Morgan fingerprint density at radius 2 is 1.35 bits per heavy atom. The number of nitrogens with two attached hydrogens (primary N) is 1. The van der Waals surface area contributed by atoms with Crippen molar-refractivity contribution in [3.05, 3.63) is 94.8 Å². The van der Waals surface area contributed by atoms with Crippen molar-refractivity contribution < 1.29 is 23.8 Å². The molecule has 0 saturated carbocycles. The van der Waals surface area contributed by atoms with Crippen LogP contribution in [0.15, 0.2) is 66.7 Å². The predicted molar refractivity (Wildman–Crippen MR) is 145 cm³/mol. The van der Waals surface area contributed by atoms with Gasteiger partial charge in [-0.2, -0.15) is 0 Å². The maximum atomic E-state index is 14.8. The van der Waals surface area contributed by atoms with Crippen molar-refractivity contribution in [1.29, 1.82) is 0 Å². The van der Waals surface area contributed by atoms with Gasteiger partial charge in [0.1, 0.15) is 17.3 Å². The molecule has 0 aliphatic heterocycles. The lowest BCUT2D eigenvalue weighted by atomic mass is 9.87. The number of methoxy groups -OCH3 is 2. The Bertz CT molecular complexity index is 1480. The van der Waals surface area contributed by atoms with Crippen LogP contribution in [0.1, 0.15) is 22.3 Å². The lowest BCUT2D eigenvalue weighted by Crippen LogP contribution is -2.04. The molecular formula is C31H30FNO4. The topological polar surface area (TPSA) is 81.8 Å². The number of hydrogen-bond acceptors (Lipinski definition) is 4. The number of ether oxygens (including phenoxy) is 2. The molecular weight excluding hydrogens is 469 g/mol. The van der Waals surface area contributed by atoms with Gasteiger partial charge >= 0.3 is 5.97 Å². The van der Waals surface area contributed by atoms with Crippen LogP contribution in [0, 0.1) is 19.7 Å². The molecule has 0 aromatic heterocycles. The minimum absolute atomic E-state index is 0.0579. The summed E-state index contributed by atoms with van der Waals surface area (Å²) in [5.41, 5.74) is 14.4. The first-order valence-corrected chi connectivity index (χ1v) is 11.9. The molecule has 6 heteroatoms. The van der Waals surface area contributed by atoms with E-state index in [0.29, 0.717) is 22.6 Å². The number of aliphatic carboxylic acids is 1. The quantitative estimate of drug-likeness (QED) is 0.287. The molecule has 0 heterocycles. The number of hydrogen-bond donors (Lipinski definition) is 2. The first-order valence-electron chi connectivity index (χ1n) is 11.9. The highest BCUT2D eigenvalue weighted by atomic mass is 19.1. The minimum Gasteiger partial charge on any atom is -0.496 e. The van der Waals surface area contributed by atoms with Crippen LogP contribution >= 0.6 is 0 Å². The van der Waals surface area contributed by atoms with Gasteiger partial charge in [-0.3, -0.25) is 4.79 Å². The Labute approximate surface area is 216 Å². The summed E-state index contributed by atoms with van der Waals surface area (Å²) in [6, 6.07) is 21.0. The van der Waals surface area contributed by atoms with E-state index in [0.717, 1.165) is 44.5 Å². The van der Waals surface area contributed by atoms with E-state index in [9.17, 15) is 14.3 Å². The fraction of sp³-hybridized carbons (Fsp3) is 0.194. The molecule has 190 valence electrons. The third kappa shape index (κ3) is 5.06. The zero-order valence-corrected chi connectivity index (χ0v) is 21.4. The molecule has 0 fully saturated rings. The summed E-state index contributed by atoms with van der Waals surface area (Å²) in [5.74, 6) is -0.324. The highest BCUT2D eigenvalue weighted by Gasteiger charge is 2.17. The Morgan fingerprint density at radius 3 is 1.89 bits per heavy atom. The van der Waals surface area contributed by atoms with Crippen molar-refractivity contribution in [2.75, 3.05) is 14.2 Å². The average molecular weight is 500 g/mol. The summed E-state index contributed by atoms with van der Waals surface area (Å²) in [5, 5.41) is 9.19. The molecule has 0 atom stereocenters. The van der Waals surface area contributed by atoms with Crippen molar-refractivity contribution in [2.45, 2.75) is 26.8 Å². The van der Waals surface area contributed by atoms with E-state index in [1.807, 2.05) is 49.4 Å². The van der Waals surface area contributed by atoms with E-state index >= 15 is 0 Å². The summed E-state index contributed by atoms with van der Waals surface area (Å²) in [7, 11) is 3.06. The van der Waals surface area contributed by atoms with Gasteiger partial charge in [-0.15, -0.1) is 0 Å². The Morgan fingerprint density at radius 1 is 0.811 bits per heavy atom. The second-order valence-electron chi connectivity index (χ2n) is 8.90. The lowest BCUT2D eigenvalue weighted by Gasteiger charge is -2.18. The summed E-state index contributed by atoms with van der Waals surface area (Å²) in [6.07, 6.45) is -0.105. The predicted octanol–water partition coefficient (Wildman–Crippen LogP) is 6.55. The van der Waals surface area contributed by atoms with Gasteiger partial charge in [0.2, 0.25) is 0 Å². The van der Waals surface area contributed by atoms with E-state index in [1.165, 1.54) is 13.2 Å². The second-order valence-corrected chi connectivity index (χ2v) is 8.90. The van der Waals surface area contributed by atoms with E-state index in [4.69, 9.17) is 15.2 Å². The summed E-state index contributed by atoms with van der Waals surface area (Å²) in [6.45, 7) is 4.15. The first-order chi connectivity index (χ1) is 17.8. The van der Waals surface area contributed by atoms with Crippen LogP contribution < -0.4 is 15.2 Å². The van der Waals surface area contributed by atoms with Gasteiger partial charge in [-0.25, -0.2) is 4.39 Å². The Kier molecular flexibility index (Phi) is 7.60. The largest absolute Gasteiger partial charge is 0.496 e. The van der Waals surface area contributed by atoms with E-state index in [-0.39, 0.29) is 18.8 Å². The SMILES string of the molecule is COc1cc(-c2cccc(-c3cccc(-c4cc(F)c(CN)c(OC)c4)c3C)c2C)ccc1CC(=O)O. The summed E-state index contributed by atoms with van der Waals surface area (Å²) >= 11 is 0. The van der Waals surface area contributed by atoms with Gasteiger partial charge in [-0.1, -0.05) is 48.5 Å². The number of carbonyl (C=O) groups is 1. The van der Waals surface area contributed by atoms with E-state index in [2.05, 4.69) is 19.1 Å². The molecule has 4 aromatic rings. The molecule has 0 amide bonds. The standard InChI is InChI=1S/C31H30FNO4/c1-18-23(20-11-12-21(16-31(34)35)29(14-20)36-3)7-5-9-25(18)26-10-6-8-24(19(26)2)22-13-28(32)27(17-33)30(15-22)37-4/h5-15H,16-17,33H2,1-4H3,(H,34,35). The van der Waals surface area contributed by atoms with Gasteiger partial charge in [0.25, 0.3) is 0 Å². The normalized spacial score (nSPS) is 10.9. The van der Waals surface area contributed by atoms with Crippen molar-refractivity contribution in [3.8, 4) is 44.9 Å². The van der Waals surface area contributed by atoms with E-state index in [1.54, 1.807) is 13.2 Å². The first kappa shape index (κ1) is 25.9. The third-order valence-corrected chi connectivity index (χ3v) is 6.79. The molecule has 5 nitrogen and oxygen atoms in total. The summed E-state index contributed by atoms with van der Waals surface area (Å²) in [4.78, 5) is 11.2. The van der Waals surface area contributed by atoms with Crippen molar-refractivity contribution >= 4 is 5.97 Å². The van der Waals surface area contributed by atoms with Crippen molar-refractivity contribution in [3.63, 3.8) is 0 Å². The maximum Gasteiger partial charge on any atom is 0.307 e. The van der Waals surface area contributed by atoms with Crippen LogP contribution in [-0.2, 0) is 17.8 Å². The third-order valence-electron chi connectivity index (χ3n) is 6.79. The molecule has 4 aromatic carbocycles. The molecule has 0 saturated heterocycles. The maximum absolute atomic E-state index is 14.8. The van der Waals surface area contributed by atoms with Crippen LogP contribution in [0.5, 0.6) is 11.5 Å². The van der Waals surface area contributed by atoms with Crippen LogP contribution in [0.3, 0.4) is 0 Å². The van der Waals surface area contributed by atoms with Crippen LogP contribution in [0.25, 0.3) is 33.4 Å². The van der Waals surface area contributed by atoms with Gasteiger partial charge in [-0.05, 0) is 76.6 Å². The molecule has 0 radical (unpaired) electrons. The molecule has 0 spiro atoms. The van der Waals surface area contributed by atoms with Crippen molar-refractivity contribution in [1.82, 2.24) is 0 Å². The molecule has 37 heavy (non-hydrogen) atoms. The Hall–Kier alpha value is -4.16. The number of carboxylic acid groups (broad SMARTS) is 1. The molecule has 0 aliphatic carbocycles. The van der Waals surface area contributed by atoms with E-state index < -0.39 is 5.97 Å². The number of benzene rings is 4. The molecule has 4 rings (SSSR count). The van der Waals surface area contributed by atoms with Crippen LogP contribution in [0.4, 0.5) is 4.39 Å².